The molecular weight excluding hydrogens is 453 g/mol. The van der Waals surface area contributed by atoms with Gasteiger partial charge in [0.1, 0.15) is 18.2 Å². The molecule has 1 amide bonds. The molecule has 0 radical (unpaired) electrons. The molecule has 1 aliphatic heterocycles. The molecule has 0 fully saturated rings. The summed E-state index contributed by atoms with van der Waals surface area (Å²) >= 11 is 2.88. The number of halogens is 6. The van der Waals surface area contributed by atoms with Gasteiger partial charge in [0.25, 0.3) is 5.82 Å². The topological polar surface area (TPSA) is 68.0 Å². The maximum absolute atomic E-state index is 13.9. The molecule has 2 N–H and O–H groups in total. The summed E-state index contributed by atoms with van der Waals surface area (Å²) in [5, 5.41) is 3.46. The lowest BCUT2D eigenvalue weighted by Gasteiger charge is -2.25. The highest BCUT2D eigenvalue weighted by Gasteiger charge is 2.42. The van der Waals surface area contributed by atoms with Crippen LogP contribution in [0.25, 0.3) is 0 Å². The van der Waals surface area contributed by atoms with Crippen LogP contribution in [0.5, 0.6) is 0 Å². The van der Waals surface area contributed by atoms with Gasteiger partial charge < -0.3 is 10.6 Å². The van der Waals surface area contributed by atoms with E-state index in [0.29, 0.717) is 0 Å². The lowest BCUT2D eigenvalue weighted by Crippen LogP contribution is -2.51. The van der Waals surface area contributed by atoms with E-state index in [4.69, 9.17) is 5.73 Å². The van der Waals surface area contributed by atoms with Crippen LogP contribution in [-0.2, 0) is 30.6 Å². The Morgan fingerprint density at radius 2 is 2.04 bits per heavy atom. The van der Waals surface area contributed by atoms with Crippen LogP contribution in [0.4, 0.5) is 22.0 Å². The number of aromatic nitrogens is 3. The van der Waals surface area contributed by atoms with Gasteiger partial charge in [0.15, 0.2) is 0 Å². The summed E-state index contributed by atoms with van der Waals surface area (Å²) in [5.74, 6) is -1.58. The first-order chi connectivity index (χ1) is 13.0. The molecule has 0 unspecified atom stereocenters. The van der Waals surface area contributed by atoms with E-state index in [1.165, 1.54) is 9.47 Å². The van der Waals surface area contributed by atoms with Crippen molar-refractivity contribution in [2.45, 2.75) is 38.3 Å². The highest BCUT2D eigenvalue weighted by Crippen LogP contribution is 2.22. The Hall–Kier alpha value is -2.08. The number of carbonyl (C=O) groups excluding carboxylic acids is 1. The Balaban J connectivity index is 1.62. The summed E-state index contributed by atoms with van der Waals surface area (Å²) in [5.41, 5.74) is 5.95. The van der Waals surface area contributed by atoms with Gasteiger partial charge >= 0.3 is 6.30 Å². The number of benzene rings is 1. The minimum Gasteiger partial charge on any atom is -0.329 e. The fourth-order valence-electron chi connectivity index (χ4n) is 2.96. The van der Waals surface area contributed by atoms with Gasteiger partial charge in [-0.05, 0) is 44.7 Å². The van der Waals surface area contributed by atoms with Gasteiger partial charge in [-0.1, -0.05) is 0 Å². The highest BCUT2D eigenvalue weighted by atomic mass is 79.9. The maximum Gasteiger partial charge on any atom is 0.572 e. The zero-order valence-electron chi connectivity index (χ0n) is 14.4. The minimum atomic E-state index is -4.63. The Bertz CT molecular complexity index is 900. The normalized spacial score (nSPS) is 15.5. The SMILES string of the molecule is N[C@@H](CC(=O)N1CC[n+]2cn(C(F)(F)F)nc2C1)Cc1cc(F)c(Br)cc1F. The van der Waals surface area contributed by atoms with Gasteiger partial charge in [0, 0.05) is 12.5 Å². The molecule has 1 aromatic carbocycles. The largest absolute Gasteiger partial charge is 0.572 e. The number of rotatable bonds is 4. The van der Waals surface area contributed by atoms with Crippen LogP contribution in [0.15, 0.2) is 22.9 Å². The quantitative estimate of drug-likeness (QED) is 0.423. The van der Waals surface area contributed by atoms with Gasteiger partial charge in [-0.3, -0.25) is 4.79 Å². The maximum atomic E-state index is 13.9. The van der Waals surface area contributed by atoms with E-state index < -0.39 is 29.9 Å². The number of amides is 1. The molecule has 3 rings (SSSR count). The fourth-order valence-corrected chi connectivity index (χ4v) is 3.27. The van der Waals surface area contributed by atoms with Crippen molar-refractivity contribution < 1.29 is 31.3 Å². The van der Waals surface area contributed by atoms with Crippen LogP contribution in [0.1, 0.15) is 17.8 Å². The number of hydrogen-bond acceptors (Lipinski definition) is 3. The van der Waals surface area contributed by atoms with Gasteiger partial charge in [0.2, 0.25) is 12.2 Å². The minimum absolute atomic E-state index is 0.0155. The molecule has 152 valence electrons. The molecule has 1 aromatic heterocycles. The first-order valence-electron chi connectivity index (χ1n) is 8.26. The Morgan fingerprint density at radius 3 is 2.71 bits per heavy atom. The lowest BCUT2D eigenvalue weighted by molar-refractivity contribution is -0.712. The molecule has 2 aromatic rings. The van der Waals surface area contributed by atoms with E-state index in [-0.39, 0.29) is 53.0 Å². The summed E-state index contributed by atoms with van der Waals surface area (Å²) < 4.78 is 66.8. The molecule has 0 bridgehead atoms. The molecule has 1 aliphatic rings. The summed E-state index contributed by atoms with van der Waals surface area (Å²) in [7, 11) is 0. The summed E-state index contributed by atoms with van der Waals surface area (Å²) in [6.07, 6.45) is -4.01. The lowest BCUT2D eigenvalue weighted by atomic mass is 10.0. The number of hydrogen-bond donors (Lipinski definition) is 1. The van der Waals surface area contributed by atoms with Crippen molar-refractivity contribution in [3.05, 3.63) is 46.0 Å². The number of carbonyl (C=O) groups is 1. The predicted molar refractivity (Wildman–Crippen MR) is 89.5 cm³/mol. The van der Waals surface area contributed by atoms with Gasteiger partial charge in [-0.25, -0.2) is 13.3 Å². The average molecular weight is 469 g/mol. The van der Waals surface area contributed by atoms with Crippen LogP contribution in [0.2, 0.25) is 0 Å². The van der Waals surface area contributed by atoms with Crippen molar-refractivity contribution in [2.24, 2.45) is 5.73 Å². The van der Waals surface area contributed by atoms with E-state index >= 15 is 0 Å². The molecule has 0 aliphatic carbocycles. The molecule has 0 saturated heterocycles. The van der Waals surface area contributed by atoms with E-state index in [1.807, 2.05) is 0 Å². The fraction of sp³-hybridized carbons (Fsp3) is 0.438. The second kappa shape index (κ2) is 7.74. The monoisotopic (exact) mass is 468 g/mol. The smallest absolute Gasteiger partial charge is 0.329 e. The van der Waals surface area contributed by atoms with Crippen molar-refractivity contribution >= 4 is 21.8 Å². The number of fused-ring (bicyclic) bond motifs is 1. The molecule has 1 atom stereocenters. The first kappa shape index (κ1) is 20.6. The number of alkyl halides is 3. The van der Waals surface area contributed by atoms with E-state index in [1.54, 1.807) is 0 Å². The van der Waals surface area contributed by atoms with Crippen molar-refractivity contribution in [2.75, 3.05) is 6.54 Å². The van der Waals surface area contributed by atoms with Gasteiger partial charge in [0.05, 0.1) is 22.7 Å². The van der Waals surface area contributed by atoms with Gasteiger partial charge in [-0.2, -0.15) is 0 Å². The molecular formula is C16H16BrF5N5O+. The third-order valence-corrected chi connectivity index (χ3v) is 4.97. The van der Waals surface area contributed by atoms with Crippen molar-refractivity contribution in [1.82, 2.24) is 14.7 Å². The molecule has 0 spiro atoms. The average Bonchev–Trinajstić information content (AvgIpc) is 3.03. The summed E-state index contributed by atoms with van der Waals surface area (Å²) in [6.45, 7) is 0.281. The van der Waals surface area contributed by atoms with E-state index in [2.05, 4.69) is 21.0 Å². The van der Waals surface area contributed by atoms with Crippen LogP contribution in [0.3, 0.4) is 0 Å². The molecule has 2 heterocycles. The van der Waals surface area contributed by atoms with E-state index in [9.17, 15) is 26.7 Å². The zero-order valence-corrected chi connectivity index (χ0v) is 16.0. The van der Waals surface area contributed by atoms with Crippen molar-refractivity contribution in [1.29, 1.82) is 0 Å². The molecule has 28 heavy (non-hydrogen) atoms. The second-order valence-electron chi connectivity index (χ2n) is 6.48. The Morgan fingerprint density at radius 1 is 1.32 bits per heavy atom. The van der Waals surface area contributed by atoms with Crippen LogP contribution in [-0.4, -0.2) is 33.2 Å². The van der Waals surface area contributed by atoms with Crippen LogP contribution in [0, 0.1) is 11.6 Å². The van der Waals surface area contributed by atoms with Crippen molar-refractivity contribution in [3.8, 4) is 0 Å². The molecule has 12 heteroatoms. The standard InChI is InChI=1S/C16H16BrF5N5O/c17-11-6-12(18)9(4-13(11)19)3-10(23)5-15(28)25-1-2-26-8-27(16(20,21)22)24-14(26)7-25/h4,6,8,10H,1-3,5,7,23H2/q+1/t10-/m1/s1. The predicted octanol–water partition coefficient (Wildman–Crippen LogP) is 1.99. The van der Waals surface area contributed by atoms with Crippen LogP contribution < -0.4 is 10.3 Å². The molecule has 6 nitrogen and oxygen atoms in total. The Labute approximate surface area is 164 Å². The molecule has 0 saturated carbocycles. The van der Waals surface area contributed by atoms with Crippen LogP contribution >= 0.6 is 15.9 Å². The van der Waals surface area contributed by atoms with Gasteiger partial charge in [-0.15, -0.1) is 13.2 Å². The number of nitrogens with two attached hydrogens (primary N) is 1. The summed E-state index contributed by atoms with van der Waals surface area (Å²) in [4.78, 5) is 13.8. The third kappa shape index (κ3) is 4.49. The zero-order chi connectivity index (χ0) is 20.6. The number of nitrogens with zero attached hydrogens (tertiary/aromatic N) is 4. The van der Waals surface area contributed by atoms with Crippen molar-refractivity contribution in [3.63, 3.8) is 0 Å². The third-order valence-electron chi connectivity index (χ3n) is 4.37. The summed E-state index contributed by atoms with van der Waals surface area (Å²) in [6, 6.07) is 1.22. The highest BCUT2D eigenvalue weighted by molar-refractivity contribution is 9.10. The Kier molecular flexibility index (Phi) is 5.71. The first-order valence-corrected chi connectivity index (χ1v) is 9.06. The van der Waals surface area contributed by atoms with E-state index in [0.717, 1.165) is 18.5 Å². The second-order valence-corrected chi connectivity index (χ2v) is 7.33.